The van der Waals surface area contributed by atoms with Gasteiger partial charge in [-0.1, -0.05) is 0 Å². The SMILES string of the molecule is COc1ccc(NC(=O)c2cccnc2OC2CCSC2)cn1. The van der Waals surface area contributed by atoms with Crippen molar-refractivity contribution in [1.29, 1.82) is 0 Å². The number of hydrogen-bond donors (Lipinski definition) is 1. The maximum atomic E-state index is 12.5. The summed E-state index contributed by atoms with van der Waals surface area (Å²) in [7, 11) is 1.54. The highest BCUT2D eigenvalue weighted by Crippen LogP contribution is 2.24. The number of nitrogens with zero attached hydrogens (tertiary/aromatic N) is 2. The number of hydrogen-bond acceptors (Lipinski definition) is 6. The molecule has 0 spiro atoms. The lowest BCUT2D eigenvalue weighted by Gasteiger charge is -2.14. The molecule has 1 aliphatic heterocycles. The van der Waals surface area contributed by atoms with Gasteiger partial charge in [-0.25, -0.2) is 9.97 Å². The monoisotopic (exact) mass is 331 g/mol. The van der Waals surface area contributed by atoms with Crippen LogP contribution in [0.25, 0.3) is 0 Å². The van der Waals surface area contributed by atoms with Crippen molar-refractivity contribution in [3.63, 3.8) is 0 Å². The molecule has 3 rings (SSSR count). The van der Waals surface area contributed by atoms with Crippen LogP contribution in [0.2, 0.25) is 0 Å². The molecule has 0 aromatic carbocycles. The normalized spacial score (nSPS) is 16.8. The number of aromatic nitrogens is 2. The molecule has 1 aliphatic rings. The van der Waals surface area contributed by atoms with Crippen molar-refractivity contribution in [3.05, 3.63) is 42.2 Å². The van der Waals surface area contributed by atoms with Crippen molar-refractivity contribution in [3.8, 4) is 11.8 Å². The van der Waals surface area contributed by atoms with E-state index in [1.165, 1.54) is 0 Å². The second-order valence-electron chi connectivity index (χ2n) is 5.00. The van der Waals surface area contributed by atoms with E-state index in [0.29, 0.717) is 23.0 Å². The van der Waals surface area contributed by atoms with E-state index in [1.807, 2.05) is 11.8 Å². The third-order valence-corrected chi connectivity index (χ3v) is 4.52. The second kappa shape index (κ2) is 7.32. The summed E-state index contributed by atoms with van der Waals surface area (Å²) in [5.74, 6) is 2.60. The molecule has 1 fully saturated rings. The van der Waals surface area contributed by atoms with Crippen LogP contribution in [0.1, 0.15) is 16.8 Å². The number of thioether (sulfide) groups is 1. The highest BCUT2D eigenvalue weighted by molar-refractivity contribution is 7.99. The summed E-state index contributed by atoms with van der Waals surface area (Å²) in [6, 6.07) is 6.84. The molecular formula is C16H17N3O3S. The molecule has 0 aliphatic carbocycles. The van der Waals surface area contributed by atoms with Gasteiger partial charge in [-0.05, 0) is 30.4 Å². The Bertz CT molecular complexity index is 673. The van der Waals surface area contributed by atoms with Gasteiger partial charge in [0.1, 0.15) is 11.7 Å². The Morgan fingerprint density at radius 2 is 2.26 bits per heavy atom. The first-order chi connectivity index (χ1) is 11.3. The number of carbonyl (C=O) groups excluding carboxylic acids is 1. The molecule has 1 unspecified atom stereocenters. The molecule has 2 aromatic heterocycles. The number of carbonyl (C=O) groups is 1. The van der Waals surface area contributed by atoms with Crippen molar-refractivity contribution < 1.29 is 14.3 Å². The van der Waals surface area contributed by atoms with Gasteiger partial charge in [0.15, 0.2) is 0 Å². The number of ether oxygens (including phenoxy) is 2. The van der Waals surface area contributed by atoms with Crippen LogP contribution < -0.4 is 14.8 Å². The van der Waals surface area contributed by atoms with Crippen LogP contribution in [0.15, 0.2) is 36.7 Å². The summed E-state index contributed by atoms with van der Waals surface area (Å²) < 4.78 is 10.9. The molecule has 0 saturated carbocycles. The first-order valence-electron chi connectivity index (χ1n) is 7.27. The van der Waals surface area contributed by atoms with Gasteiger partial charge in [0.2, 0.25) is 11.8 Å². The maximum absolute atomic E-state index is 12.5. The number of pyridine rings is 2. The fourth-order valence-electron chi connectivity index (χ4n) is 2.19. The van der Waals surface area contributed by atoms with Crippen molar-refractivity contribution >= 4 is 23.4 Å². The average Bonchev–Trinajstić information content (AvgIpc) is 3.09. The number of anilines is 1. The van der Waals surface area contributed by atoms with Crippen molar-refractivity contribution in [2.45, 2.75) is 12.5 Å². The van der Waals surface area contributed by atoms with Crippen molar-refractivity contribution in [2.24, 2.45) is 0 Å². The van der Waals surface area contributed by atoms with Crippen LogP contribution in [0.3, 0.4) is 0 Å². The fourth-order valence-corrected chi connectivity index (χ4v) is 3.29. The van der Waals surface area contributed by atoms with Gasteiger partial charge in [-0.2, -0.15) is 11.8 Å². The van der Waals surface area contributed by atoms with E-state index in [0.717, 1.165) is 17.9 Å². The van der Waals surface area contributed by atoms with E-state index in [9.17, 15) is 4.79 Å². The standard InChI is InChI=1S/C16H17N3O3S/c1-21-14-5-4-11(9-18-14)19-15(20)13-3-2-7-17-16(13)22-12-6-8-23-10-12/h2-5,7,9,12H,6,8,10H2,1H3,(H,19,20). The van der Waals surface area contributed by atoms with Gasteiger partial charge in [-0.15, -0.1) is 0 Å². The van der Waals surface area contributed by atoms with Crippen LogP contribution in [-0.2, 0) is 0 Å². The second-order valence-corrected chi connectivity index (χ2v) is 6.15. The third kappa shape index (κ3) is 3.92. The lowest BCUT2D eigenvalue weighted by atomic mass is 10.2. The Hall–Kier alpha value is -2.28. The van der Waals surface area contributed by atoms with Crippen LogP contribution in [0.4, 0.5) is 5.69 Å². The van der Waals surface area contributed by atoms with Gasteiger partial charge < -0.3 is 14.8 Å². The Morgan fingerprint density at radius 3 is 2.96 bits per heavy atom. The van der Waals surface area contributed by atoms with Crippen LogP contribution in [0.5, 0.6) is 11.8 Å². The minimum Gasteiger partial charge on any atom is -0.481 e. The molecule has 6 nitrogen and oxygen atoms in total. The van der Waals surface area contributed by atoms with Gasteiger partial charge in [0.25, 0.3) is 5.91 Å². The molecular weight excluding hydrogens is 314 g/mol. The Balaban J connectivity index is 1.73. The van der Waals surface area contributed by atoms with E-state index in [-0.39, 0.29) is 12.0 Å². The lowest BCUT2D eigenvalue weighted by molar-refractivity contribution is 0.101. The summed E-state index contributed by atoms with van der Waals surface area (Å²) in [5, 5.41) is 2.79. The van der Waals surface area contributed by atoms with Crippen molar-refractivity contribution in [2.75, 3.05) is 23.9 Å². The maximum Gasteiger partial charge on any atom is 0.261 e. The zero-order chi connectivity index (χ0) is 16.1. The van der Waals surface area contributed by atoms with E-state index in [2.05, 4.69) is 15.3 Å². The minimum atomic E-state index is -0.272. The highest BCUT2D eigenvalue weighted by atomic mass is 32.2. The third-order valence-electron chi connectivity index (χ3n) is 3.39. The molecule has 0 radical (unpaired) electrons. The topological polar surface area (TPSA) is 73.3 Å². The molecule has 23 heavy (non-hydrogen) atoms. The summed E-state index contributed by atoms with van der Waals surface area (Å²) in [6.07, 6.45) is 4.26. The predicted octanol–water partition coefficient (Wildman–Crippen LogP) is 2.62. The summed E-state index contributed by atoms with van der Waals surface area (Å²) in [4.78, 5) is 20.7. The Morgan fingerprint density at radius 1 is 1.35 bits per heavy atom. The predicted molar refractivity (Wildman–Crippen MR) is 89.3 cm³/mol. The number of amides is 1. The fraction of sp³-hybridized carbons (Fsp3) is 0.312. The van der Waals surface area contributed by atoms with Crippen molar-refractivity contribution in [1.82, 2.24) is 9.97 Å². The Kier molecular flexibility index (Phi) is 4.97. The first kappa shape index (κ1) is 15.6. The van der Waals surface area contributed by atoms with Crippen LogP contribution in [-0.4, -0.2) is 40.6 Å². The van der Waals surface area contributed by atoms with E-state index in [1.54, 1.807) is 43.8 Å². The van der Waals surface area contributed by atoms with E-state index < -0.39 is 0 Å². The molecule has 120 valence electrons. The van der Waals surface area contributed by atoms with Gasteiger partial charge in [0, 0.05) is 18.0 Å². The number of rotatable bonds is 5. The lowest BCUT2D eigenvalue weighted by Crippen LogP contribution is -2.20. The largest absolute Gasteiger partial charge is 0.481 e. The average molecular weight is 331 g/mol. The summed E-state index contributed by atoms with van der Waals surface area (Å²) in [6.45, 7) is 0. The zero-order valence-electron chi connectivity index (χ0n) is 12.7. The molecule has 0 bridgehead atoms. The first-order valence-corrected chi connectivity index (χ1v) is 8.42. The van der Waals surface area contributed by atoms with Crippen LogP contribution in [0, 0.1) is 0 Å². The van der Waals surface area contributed by atoms with Crippen LogP contribution >= 0.6 is 11.8 Å². The zero-order valence-corrected chi connectivity index (χ0v) is 13.5. The van der Waals surface area contributed by atoms with Gasteiger partial charge >= 0.3 is 0 Å². The summed E-state index contributed by atoms with van der Waals surface area (Å²) >= 11 is 1.85. The smallest absolute Gasteiger partial charge is 0.261 e. The molecule has 2 aromatic rings. The Labute approximate surface area is 138 Å². The quantitative estimate of drug-likeness (QED) is 0.908. The van der Waals surface area contributed by atoms with Gasteiger partial charge in [0.05, 0.1) is 19.0 Å². The molecule has 1 atom stereocenters. The molecule has 1 N–H and O–H groups in total. The minimum absolute atomic E-state index is 0.115. The van der Waals surface area contributed by atoms with Gasteiger partial charge in [-0.3, -0.25) is 4.79 Å². The molecule has 1 saturated heterocycles. The highest BCUT2D eigenvalue weighted by Gasteiger charge is 2.21. The van der Waals surface area contributed by atoms with E-state index >= 15 is 0 Å². The molecule has 3 heterocycles. The molecule has 1 amide bonds. The number of nitrogens with one attached hydrogen (secondary N) is 1. The molecule has 7 heteroatoms. The number of methoxy groups -OCH3 is 1. The van der Waals surface area contributed by atoms with E-state index in [4.69, 9.17) is 9.47 Å². The summed E-state index contributed by atoms with van der Waals surface area (Å²) in [5.41, 5.74) is 1.00.